The van der Waals surface area contributed by atoms with Crippen LogP contribution in [0.15, 0.2) is 4.90 Å². The van der Waals surface area contributed by atoms with Gasteiger partial charge in [0.05, 0.1) is 17.2 Å². The molecular formula is C15H23ClN4O2S. The SMILES string of the molecule is CCOC(=O)N1CCN(c2nc(C)nc3c2SCCC3)CC1.Cl. The van der Waals surface area contributed by atoms with E-state index in [2.05, 4.69) is 14.9 Å². The van der Waals surface area contributed by atoms with Crippen molar-refractivity contribution in [2.45, 2.75) is 31.6 Å². The van der Waals surface area contributed by atoms with Gasteiger partial charge in [-0.3, -0.25) is 0 Å². The van der Waals surface area contributed by atoms with E-state index in [4.69, 9.17) is 4.74 Å². The molecule has 6 nitrogen and oxygen atoms in total. The van der Waals surface area contributed by atoms with E-state index >= 15 is 0 Å². The Labute approximate surface area is 147 Å². The first-order chi connectivity index (χ1) is 10.7. The van der Waals surface area contributed by atoms with E-state index in [-0.39, 0.29) is 18.5 Å². The number of anilines is 1. The maximum Gasteiger partial charge on any atom is 0.409 e. The average Bonchev–Trinajstić information content (AvgIpc) is 2.54. The van der Waals surface area contributed by atoms with Crippen molar-refractivity contribution in [2.24, 2.45) is 0 Å². The number of ether oxygens (including phenoxy) is 1. The molecule has 1 aromatic rings. The molecule has 3 rings (SSSR count). The summed E-state index contributed by atoms with van der Waals surface area (Å²) < 4.78 is 5.07. The van der Waals surface area contributed by atoms with Crippen LogP contribution in [0.4, 0.5) is 10.6 Å². The fourth-order valence-corrected chi connectivity index (χ4v) is 3.98. The molecule has 0 spiro atoms. The first-order valence-corrected chi connectivity index (χ1v) is 8.84. The van der Waals surface area contributed by atoms with Crippen molar-refractivity contribution < 1.29 is 9.53 Å². The van der Waals surface area contributed by atoms with E-state index in [0.29, 0.717) is 19.7 Å². The smallest absolute Gasteiger partial charge is 0.409 e. The van der Waals surface area contributed by atoms with Crippen LogP contribution in [-0.4, -0.2) is 59.5 Å². The standard InChI is InChI=1S/C15H22N4O2S.ClH/c1-3-21-15(20)19-8-6-18(7-9-19)14-13-12(5-4-10-22-13)16-11(2)17-14;/h3-10H2,1-2H3;1H. The van der Waals surface area contributed by atoms with Gasteiger partial charge in [-0.15, -0.1) is 24.2 Å². The van der Waals surface area contributed by atoms with Crippen LogP contribution in [0.5, 0.6) is 0 Å². The largest absolute Gasteiger partial charge is 0.450 e. The van der Waals surface area contributed by atoms with E-state index in [1.165, 1.54) is 17.0 Å². The predicted molar refractivity (Wildman–Crippen MR) is 93.9 cm³/mol. The third kappa shape index (κ3) is 4.01. The molecule has 1 aromatic heterocycles. The molecule has 8 heteroatoms. The molecule has 2 aliphatic heterocycles. The number of fused-ring (bicyclic) bond motifs is 1. The van der Waals surface area contributed by atoms with Crippen LogP contribution < -0.4 is 4.90 Å². The number of carbonyl (C=O) groups excluding carboxylic acids is 1. The van der Waals surface area contributed by atoms with Crippen LogP contribution in [0.2, 0.25) is 0 Å². The van der Waals surface area contributed by atoms with E-state index in [9.17, 15) is 4.79 Å². The summed E-state index contributed by atoms with van der Waals surface area (Å²) in [4.78, 5) is 26.3. The minimum absolute atomic E-state index is 0. The molecule has 0 unspecified atom stereocenters. The summed E-state index contributed by atoms with van der Waals surface area (Å²) in [6.07, 6.45) is 2.02. The molecule has 2 aliphatic rings. The molecule has 23 heavy (non-hydrogen) atoms. The number of thioether (sulfide) groups is 1. The Morgan fingerprint density at radius 2 is 2.00 bits per heavy atom. The summed E-state index contributed by atoms with van der Waals surface area (Å²) in [5, 5.41) is 0. The van der Waals surface area contributed by atoms with Crippen molar-refractivity contribution >= 4 is 36.1 Å². The molecule has 0 radical (unpaired) electrons. The average molecular weight is 359 g/mol. The molecule has 0 bridgehead atoms. The molecule has 0 saturated carbocycles. The second-order valence-electron chi connectivity index (χ2n) is 5.50. The molecule has 1 fully saturated rings. The summed E-state index contributed by atoms with van der Waals surface area (Å²) in [6, 6.07) is 0. The molecule has 1 saturated heterocycles. The third-order valence-electron chi connectivity index (χ3n) is 3.94. The zero-order chi connectivity index (χ0) is 15.5. The highest BCUT2D eigenvalue weighted by Crippen LogP contribution is 2.36. The van der Waals surface area contributed by atoms with Crippen molar-refractivity contribution in [3.8, 4) is 0 Å². The Hall–Kier alpha value is -1.21. The Morgan fingerprint density at radius 1 is 1.26 bits per heavy atom. The number of halogens is 1. The van der Waals surface area contributed by atoms with Crippen LogP contribution >= 0.6 is 24.2 Å². The number of hydrogen-bond donors (Lipinski definition) is 0. The topological polar surface area (TPSA) is 58.6 Å². The second-order valence-corrected chi connectivity index (χ2v) is 6.60. The number of aromatic nitrogens is 2. The maximum atomic E-state index is 11.8. The van der Waals surface area contributed by atoms with Crippen molar-refractivity contribution in [1.82, 2.24) is 14.9 Å². The molecule has 1 amide bonds. The van der Waals surface area contributed by atoms with E-state index in [1.807, 2.05) is 25.6 Å². The maximum absolute atomic E-state index is 11.8. The lowest BCUT2D eigenvalue weighted by atomic mass is 10.2. The van der Waals surface area contributed by atoms with Gasteiger partial charge in [-0.2, -0.15) is 0 Å². The molecule has 128 valence electrons. The molecule has 3 heterocycles. The van der Waals surface area contributed by atoms with Gasteiger partial charge >= 0.3 is 6.09 Å². The van der Waals surface area contributed by atoms with Crippen LogP contribution in [-0.2, 0) is 11.2 Å². The third-order valence-corrected chi connectivity index (χ3v) is 5.14. The first kappa shape index (κ1) is 18.1. The number of hydrogen-bond acceptors (Lipinski definition) is 6. The highest BCUT2D eigenvalue weighted by Gasteiger charge is 2.26. The fraction of sp³-hybridized carbons (Fsp3) is 0.667. The van der Waals surface area contributed by atoms with E-state index in [0.717, 1.165) is 36.9 Å². The zero-order valence-electron chi connectivity index (χ0n) is 13.6. The van der Waals surface area contributed by atoms with Gasteiger partial charge in [0, 0.05) is 26.2 Å². The molecule has 0 N–H and O–H groups in total. The Balaban J connectivity index is 0.00000192. The summed E-state index contributed by atoms with van der Waals surface area (Å²) in [5.41, 5.74) is 1.19. The van der Waals surface area contributed by atoms with Gasteiger partial charge in [0.15, 0.2) is 0 Å². The normalized spacial score (nSPS) is 17.3. The number of rotatable bonds is 2. The van der Waals surface area contributed by atoms with Gasteiger partial charge in [-0.1, -0.05) is 0 Å². The fourth-order valence-electron chi connectivity index (χ4n) is 2.87. The van der Waals surface area contributed by atoms with Gasteiger partial charge in [0.2, 0.25) is 0 Å². The zero-order valence-corrected chi connectivity index (χ0v) is 15.2. The Morgan fingerprint density at radius 3 is 2.70 bits per heavy atom. The first-order valence-electron chi connectivity index (χ1n) is 7.86. The molecular weight excluding hydrogens is 336 g/mol. The number of carbonyl (C=O) groups is 1. The molecule has 0 atom stereocenters. The highest BCUT2D eigenvalue weighted by atomic mass is 35.5. The van der Waals surface area contributed by atoms with Crippen LogP contribution in [0.1, 0.15) is 24.9 Å². The lowest BCUT2D eigenvalue weighted by molar-refractivity contribution is 0.105. The second kappa shape index (κ2) is 8.06. The number of nitrogens with zero attached hydrogens (tertiary/aromatic N) is 4. The van der Waals surface area contributed by atoms with Crippen molar-refractivity contribution in [1.29, 1.82) is 0 Å². The van der Waals surface area contributed by atoms with Crippen LogP contribution in [0, 0.1) is 6.92 Å². The lowest BCUT2D eigenvalue weighted by Crippen LogP contribution is -2.49. The van der Waals surface area contributed by atoms with E-state index in [1.54, 1.807) is 4.90 Å². The Bertz CT molecular complexity index is 565. The monoisotopic (exact) mass is 358 g/mol. The predicted octanol–water partition coefficient (Wildman–Crippen LogP) is 2.52. The lowest BCUT2D eigenvalue weighted by Gasteiger charge is -2.36. The summed E-state index contributed by atoms with van der Waals surface area (Å²) >= 11 is 1.86. The van der Waals surface area contributed by atoms with Crippen molar-refractivity contribution in [3.63, 3.8) is 0 Å². The number of aryl methyl sites for hydroxylation is 2. The van der Waals surface area contributed by atoms with Gasteiger partial charge in [-0.25, -0.2) is 14.8 Å². The summed E-state index contributed by atoms with van der Waals surface area (Å²) in [6.45, 7) is 7.17. The summed E-state index contributed by atoms with van der Waals surface area (Å²) in [5.74, 6) is 3.02. The minimum Gasteiger partial charge on any atom is -0.450 e. The highest BCUT2D eigenvalue weighted by molar-refractivity contribution is 7.99. The molecule has 0 aliphatic carbocycles. The van der Waals surface area contributed by atoms with E-state index < -0.39 is 0 Å². The van der Waals surface area contributed by atoms with Crippen molar-refractivity contribution in [2.75, 3.05) is 43.4 Å². The minimum atomic E-state index is -0.211. The molecule has 0 aromatic carbocycles. The number of piperazine rings is 1. The van der Waals surface area contributed by atoms with Crippen LogP contribution in [0.3, 0.4) is 0 Å². The van der Waals surface area contributed by atoms with Crippen molar-refractivity contribution in [3.05, 3.63) is 11.5 Å². The Kier molecular flexibility index (Phi) is 6.35. The van der Waals surface area contributed by atoms with Gasteiger partial charge in [0.25, 0.3) is 0 Å². The quantitative estimate of drug-likeness (QED) is 0.809. The van der Waals surface area contributed by atoms with Gasteiger partial charge < -0.3 is 14.5 Å². The van der Waals surface area contributed by atoms with Gasteiger partial charge in [0.1, 0.15) is 11.6 Å². The summed E-state index contributed by atoms with van der Waals surface area (Å²) in [7, 11) is 0. The van der Waals surface area contributed by atoms with Crippen LogP contribution in [0.25, 0.3) is 0 Å². The van der Waals surface area contributed by atoms with Gasteiger partial charge in [-0.05, 0) is 32.4 Å². The number of amides is 1.